The fraction of sp³-hybridized carbons (Fsp3) is 0.208. The molecular formula is C24H24N6O. The summed E-state index contributed by atoms with van der Waals surface area (Å²) in [5.41, 5.74) is 12.1. The van der Waals surface area contributed by atoms with Crippen molar-refractivity contribution in [1.29, 1.82) is 0 Å². The Morgan fingerprint density at radius 2 is 2.16 bits per heavy atom. The van der Waals surface area contributed by atoms with Gasteiger partial charge in [-0.3, -0.25) is 9.78 Å². The van der Waals surface area contributed by atoms with Crippen LogP contribution < -0.4 is 16.4 Å². The van der Waals surface area contributed by atoms with Crippen molar-refractivity contribution < 1.29 is 4.79 Å². The Balaban J connectivity index is 1.68. The Morgan fingerprint density at radius 3 is 3.00 bits per heavy atom. The summed E-state index contributed by atoms with van der Waals surface area (Å²) in [4.78, 5) is 21.0. The van der Waals surface area contributed by atoms with Crippen molar-refractivity contribution >= 4 is 34.0 Å². The zero-order valence-corrected chi connectivity index (χ0v) is 17.2. The molecule has 0 fully saturated rings. The van der Waals surface area contributed by atoms with Crippen LogP contribution in [0.15, 0.2) is 60.8 Å². The maximum Gasteiger partial charge on any atom is 0.243 e. The molecule has 0 unspecified atom stereocenters. The molecule has 4 N–H and O–H groups in total. The van der Waals surface area contributed by atoms with Gasteiger partial charge in [0, 0.05) is 35.3 Å². The van der Waals surface area contributed by atoms with E-state index in [1.807, 2.05) is 24.4 Å². The molecule has 2 aliphatic heterocycles. The largest absolute Gasteiger partial charge is 0.383 e. The molecule has 2 aromatic heterocycles. The summed E-state index contributed by atoms with van der Waals surface area (Å²) < 4.78 is 2.23. The van der Waals surface area contributed by atoms with E-state index in [-0.39, 0.29) is 11.9 Å². The summed E-state index contributed by atoms with van der Waals surface area (Å²) in [5, 5.41) is 7.48. The number of hydrogen-bond donors (Lipinski definition) is 3. The molecule has 156 valence electrons. The quantitative estimate of drug-likeness (QED) is 0.575. The van der Waals surface area contributed by atoms with Crippen molar-refractivity contribution in [2.75, 3.05) is 12.0 Å². The minimum Gasteiger partial charge on any atom is -0.383 e. The number of nitrogens with zero attached hydrogens (tertiary/aromatic N) is 3. The highest BCUT2D eigenvalue weighted by molar-refractivity contribution is 6.11. The smallest absolute Gasteiger partial charge is 0.243 e. The van der Waals surface area contributed by atoms with E-state index in [9.17, 15) is 4.79 Å². The molecule has 0 aliphatic carbocycles. The number of benzene rings is 1. The average molecular weight is 412 g/mol. The first kappa shape index (κ1) is 19.1. The van der Waals surface area contributed by atoms with Crippen LogP contribution in [0, 0.1) is 0 Å². The first-order valence-corrected chi connectivity index (χ1v) is 10.3. The third-order valence-electron chi connectivity index (χ3n) is 5.96. The molecule has 7 nitrogen and oxygen atoms in total. The van der Waals surface area contributed by atoms with E-state index < -0.39 is 0 Å². The molecule has 1 atom stereocenters. The number of nitrogens with one attached hydrogen (secondary N) is 2. The molecule has 7 heteroatoms. The number of pyridine rings is 1. The maximum absolute atomic E-state index is 11.9. The molecule has 2 aliphatic rings. The number of aromatic nitrogens is 2. The van der Waals surface area contributed by atoms with Crippen molar-refractivity contribution in [3.05, 3.63) is 67.0 Å². The van der Waals surface area contributed by atoms with Crippen LogP contribution in [0.5, 0.6) is 0 Å². The van der Waals surface area contributed by atoms with Crippen LogP contribution in [0.3, 0.4) is 0 Å². The number of carbonyl (C=O) groups is 1. The maximum atomic E-state index is 11.9. The van der Waals surface area contributed by atoms with Gasteiger partial charge in [0.25, 0.3) is 0 Å². The molecule has 3 aromatic rings. The molecule has 31 heavy (non-hydrogen) atoms. The molecule has 0 bridgehead atoms. The minimum absolute atomic E-state index is 0.00858. The highest BCUT2D eigenvalue weighted by Crippen LogP contribution is 2.43. The van der Waals surface area contributed by atoms with Crippen molar-refractivity contribution in [2.45, 2.75) is 25.4 Å². The lowest BCUT2D eigenvalue weighted by atomic mass is 9.94. The molecule has 1 amide bonds. The number of rotatable bonds is 3. The number of nitrogens with two attached hydrogens (primary N) is 1. The third kappa shape index (κ3) is 3.18. The van der Waals surface area contributed by atoms with Gasteiger partial charge in [-0.05, 0) is 36.6 Å². The third-order valence-corrected chi connectivity index (χ3v) is 5.96. The molecule has 0 radical (unpaired) electrons. The first-order chi connectivity index (χ1) is 15.1. The van der Waals surface area contributed by atoms with Crippen molar-refractivity contribution in [2.24, 2.45) is 10.7 Å². The van der Waals surface area contributed by atoms with E-state index in [1.54, 1.807) is 0 Å². The minimum atomic E-state index is -0.167. The number of amides is 1. The predicted molar refractivity (Wildman–Crippen MR) is 125 cm³/mol. The van der Waals surface area contributed by atoms with Gasteiger partial charge >= 0.3 is 0 Å². The van der Waals surface area contributed by atoms with Crippen LogP contribution in [0.25, 0.3) is 27.6 Å². The summed E-state index contributed by atoms with van der Waals surface area (Å²) in [5.74, 6) is 1.30. The second-order valence-electron chi connectivity index (χ2n) is 7.90. The molecule has 0 spiro atoms. The molecule has 5 rings (SSSR count). The van der Waals surface area contributed by atoms with Gasteiger partial charge in [0.05, 0.1) is 16.8 Å². The van der Waals surface area contributed by atoms with Gasteiger partial charge in [-0.15, -0.1) is 0 Å². The van der Waals surface area contributed by atoms with Crippen molar-refractivity contribution in [3.8, 4) is 11.1 Å². The second-order valence-corrected chi connectivity index (χ2v) is 7.90. The number of amidine groups is 1. The lowest BCUT2D eigenvalue weighted by molar-refractivity contribution is -0.117. The fourth-order valence-electron chi connectivity index (χ4n) is 4.57. The Bertz CT molecular complexity index is 1270. The summed E-state index contributed by atoms with van der Waals surface area (Å²) in [7, 11) is 0. The standard InChI is InChI=1S/C24H24N6O/c1-3-19(31)29-17-8-9-30-22(14(2)10-17)20(21-23(25)27-13-28-24(21)30)16-11-15-6-4-5-7-18(15)26-12-16/h3-7,11-12,17,28H,1-2,8-10,13H2,(H2,25,27)(H,29,31)/t17-/m1/s1. The summed E-state index contributed by atoms with van der Waals surface area (Å²) in [6.45, 7) is 9.10. The molecule has 0 saturated carbocycles. The van der Waals surface area contributed by atoms with Gasteiger partial charge in [0.15, 0.2) is 0 Å². The van der Waals surface area contributed by atoms with E-state index in [2.05, 4.69) is 50.5 Å². The number of anilines is 1. The van der Waals surface area contributed by atoms with Gasteiger partial charge in [-0.1, -0.05) is 31.4 Å². The van der Waals surface area contributed by atoms with Gasteiger partial charge in [0.2, 0.25) is 5.91 Å². The Labute approximate surface area is 180 Å². The van der Waals surface area contributed by atoms with Crippen molar-refractivity contribution in [3.63, 3.8) is 0 Å². The highest BCUT2D eigenvalue weighted by Gasteiger charge is 2.32. The monoisotopic (exact) mass is 412 g/mol. The van der Waals surface area contributed by atoms with Gasteiger partial charge in [-0.2, -0.15) is 0 Å². The van der Waals surface area contributed by atoms with Crippen LogP contribution >= 0.6 is 0 Å². The van der Waals surface area contributed by atoms with Crippen LogP contribution in [0.4, 0.5) is 5.82 Å². The Morgan fingerprint density at radius 1 is 1.32 bits per heavy atom. The van der Waals surface area contributed by atoms with E-state index >= 15 is 0 Å². The van der Waals surface area contributed by atoms with E-state index in [0.29, 0.717) is 18.9 Å². The number of carbonyl (C=O) groups excluding carboxylic acids is 1. The normalized spacial score (nSPS) is 17.7. The van der Waals surface area contributed by atoms with Crippen LogP contribution in [-0.2, 0) is 11.3 Å². The topological polar surface area (TPSA) is 97.3 Å². The van der Waals surface area contributed by atoms with Crippen LogP contribution in [0.2, 0.25) is 0 Å². The molecular weight excluding hydrogens is 388 g/mol. The molecule has 4 heterocycles. The zero-order valence-electron chi connectivity index (χ0n) is 17.2. The zero-order chi connectivity index (χ0) is 21.5. The number of fused-ring (bicyclic) bond motifs is 4. The van der Waals surface area contributed by atoms with Crippen LogP contribution in [-0.4, -0.2) is 34.0 Å². The Hall–Kier alpha value is -3.87. The lowest BCUT2D eigenvalue weighted by Crippen LogP contribution is -2.33. The fourth-order valence-corrected chi connectivity index (χ4v) is 4.57. The summed E-state index contributed by atoms with van der Waals surface area (Å²) in [6, 6.07) is 10.2. The predicted octanol–water partition coefficient (Wildman–Crippen LogP) is 3.27. The summed E-state index contributed by atoms with van der Waals surface area (Å²) in [6.07, 6.45) is 4.62. The number of aliphatic imine (C=N–C) groups is 1. The Kier molecular flexibility index (Phi) is 4.58. The van der Waals surface area contributed by atoms with E-state index in [1.165, 1.54) is 6.08 Å². The lowest BCUT2D eigenvalue weighted by Gasteiger charge is -2.18. The number of para-hydroxylation sites is 1. The van der Waals surface area contributed by atoms with Gasteiger partial charge in [-0.25, -0.2) is 4.99 Å². The highest BCUT2D eigenvalue weighted by atomic mass is 16.1. The van der Waals surface area contributed by atoms with E-state index in [0.717, 1.165) is 57.6 Å². The van der Waals surface area contributed by atoms with Gasteiger partial charge < -0.3 is 20.9 Å². The molecule has 1 aromatic carbocycles. The second kappa shape index (κ2) is 7.43. The SMILES string of the molecule is C=CC(=O)N[C@@H]1CCn2c3c(c(-c4cnc5ccccc5c4)c2C(=C)C1)C(N)=NCN3. The average Bonchev–Trinajstić information content (AvgIpc) is 3.04. The first-order valence-electron chi connectivity index (χ1n) is 10.3. The van der Waals surface area contributed by atoms with Gasteiger partial charge in [0.1, 0.15) is 18.3 Å². The van der Waals surface area contributed by atoms with E-state index in [4.69, 9.17) is 5.73 Å². The summed E-state index contributed by atoms with van der Waals surface area (Å²) >= 11 is 0. The van der Waals surface area contributed by atoms with Crippen molar-refractivity contribution in [1.82, 2.24) is 14.9 Å². The number of hydrogen-bond acceptors (Lipinski definition) is 5. The van der Waals surface area contributed by atoms with Crippen LogP contribution in [0.1, 0.15) is 24.1 Å². The molecule has 0 saturated heterocycles.